The molecule has 3 aromatic rings. The van der Waals surface area contributed by atoms with Crippen LogP contribution in [0.2, 0.25) is 0 Å². The van der Waals surface area contributed by atoms with Crippen LogP contribution in [-0.2, 0) is 6.54 Å². The molecule has 3 heterocycles. The van der Waals surface area contributed by atoms with E-state index in [1.54, 1.807) is 36.1 Å². The Morgan fingerprint density at radius 2 is 2.21 bits per heavy atom. The van der Waals surface area contributed by atoms with E-state index in [-0.39, 0.29) is 0 Å². The molecule has 0 saturated heterocycles. The van der Waals surface area contributed by atoms with Gasteiger partial charge in [-0.1, -0.05) is 0 Å². The fraction of sp³-hybridized carbons (Fsp3) is 0.154. The summed E-state index contributed by atoms with van der Waals surface area (Å²) in [7, 11) is 0. The summed E-state index contributed by atoms with van der Waals surface area (Å²) in [4.78, 5) is 13.8. The van der Waals surface area contributed by atoms with Gasteiger partial charge in [-0.15, -0.1) is 11.3 Å². The minimum atomic E-state index is 0.706. The van der Waals surface area contributed by atoms with Crippen LogP contribution in [-0.4, -0.2) is 19.5 Å². The lowest BCUT2D eigenvalue weighted by Crippen LogP contribution is -2.02. The molecular weight excluding hydrogens is 258 g/mol. The zero-order valence-corrected chi connectivity index (χ0v) is 11.3. The second-order valence-corrected chi connectivity index (χ2v) is 5.17. The van der Waals surface area contributed by atoms with Crippen molar-refractivity contribution in [2.75, 3.05) is 5.73 Å². The zero-order valence-electron chi connectivity index (χ0n) is 10.4. The van der Waals surface area contributed by atoms with Crippen LogP contribution in [0.5, 0.6) is 0 Å². The van der Waals surface area contributed by atoms with Crippen molar-refractivity contribution >= 4 is 17.0 Å². The number of hydrogen-bond donors (Lipinski definition) is 1. The molecule has 0 bridgehead atoms. The van der Waals surface area contributed by atoms with Crippen molar-refractivity contribution in [2.24, 2.45) is 0 Å². The molecule has 0 aliphatic rings. The third-order valence-corrected chi connectivity index (χ3v) is 3.92. The van der Waals surface area contributed by atoms with E-state index in [9.17, 15) is 0 Å². The van der Waals surface area contributed by atoms with Gasteiger partial charge in [-0.25, -0.2) is 9.97 Å². The minimum absolute atomic E-state index is 0.706. The molecule has 0 amide bonds. The third kappa shape index (κ3) is 2.22. The molecule has 2 N–H and O–H groups in total. The maximum Gasteiger partial charge on any atom is 0.0954 e. The molecule has 19 heavy (non-hydrogen) atoms. The molecule has 3 aromatic heterocycles. The van der Waals surface area contributed by atoms with Gasteiger partial charge in [0.15, 0.2) is 0 Å². The SMILES string of the molecule is Cc1ncsc1Cn1cncc1-c1cnccc1N. The van der Waals surface area contributed by atoms with Gasteiger partial charge in [-0.2, -0.15) is 0 Å². The van der Waals surface area contributed by atoms with Crippen molar-refractivity contribution in [3.8, 4) is 11.3 Å². The number of aromatic nitrogens is 4. The first-order chi connectivity index (χ1) is 9.25. The van der Waals surface area contributed by atoms with Gasteiger partial charge in [-0.05, 0) is 13.0 Å². The smallest absolute Gasteiger partial charge is 0.0954 e. The predicted octanol–water partition coefficient (Wildman–Crippen LogP) is 2.34. The Kier molecular flexibility index (Phi) is 3.00. The number of anilines is 1. The van der Waals surface area contributed by atoms with Crippen molar-refractivity contribution in [1.82, 2.24) is 19.5 Å². The van der Waals surface area contributed by atoms with E-state index in [1.165, 1.54) is 4.88 Å². The summed E-state index contributed by atoms with van der Waals surface area (Å²) >= 11 is 1.65. The van der Waals surface area contributed by atoms with E-state index < -0.39 is 0 Å². The summed E-state index contributed by atoms with van der Waals surface area (Å²) in [6.07, 6.45) is 7.07. The van der Waals surface area contributed by atoms with Gasteiger partial charge in [-0.3, -0.25) is 4.98 Å². The lowest BCUT2D eigenvalue weighted by molar-refractivity contribution is 0.809. The number of pyridine rings is 1. The van der Waals surface area contributed by atoms with E-state index in [4.69, 9.17) is 5.73 Å². The Labute approximate surface area is 114 Å². The second-order valence-electron chi connectivity index (χ2n) is 4.23. The van der Waals surface area contributed by atoms with Crippen LogP contribution in [0, 0.1) is 6.92 Å². The van der Waals surface area contributed by atoms with Crippen LogP contribution in [0.3, 0.4) is 0 Å². The summed E-state index contributed by atoms with van der Waals surface area (Å²) in [6, 6.07) is 1.80. The fourth-order valence-electron chi connectivity index (χ4n) is 1.92. The van der Waals surface area contributed by atoms with Crippen molar-refractivity contribution in [1.29, 1.82) is 0 Å². The van der Waals surface area contributed by atoms with E-state index in [2.05, 4.69) is 19.5 Å². The van der Waals surface area contributed by atoms with Gasteiger partial charge in [0.1, 0.15) is 0 Å². The number of hydrogen-bond acceptors (Lipinski definition) is 5. The number of nitrogens with zero attached hydrogens (tertiary/aromatic N) is 4. The summed E-state index contributed by atoms with van der Waals surface area (Å²) < 4.78 is 2.06. The molecule has 0 fully saturated rings. The molecule has 0 radical (unpaired) electrons. The van der Waals surface area contributed by atoms with Gasteiger partial charge in [0, 0.05) is 28.5 Å². The maximum absolute atomic E-state index is 5.99. The molecule has 3 rings (SSSR count). The van der Waals surface area contributed by atoms with Crippen molar-refractivity contribution in [3.63, 3.8) is 0 Å². The summed E-state index contributed by atoms with van der Waals surface area (Å²) in [5.41, 5.74) is 11.5. The molecule has 0 unspecified atom stereocenters. The zero-order chi connectivity index (χ0) is 13.2. The first-order valence-corrected chi connectivity index (χ1v) is 6.72. The van der Waals surface area contributed by atoms with E-state index in [0.29, 0.717) is 5.69 Å². The van der Waals surface area contributed by atoms with Crippen LogP contribution >= 0.6 is 11.3 Å². The monoisotopic (exact) mass is 271 g/mol. The molecule has 0 saturated carbocycles. The van der Waals surface area contributed by atoms with Crippen LogP contribution < -0.4 is 5.73 Å². The Morgan fingerprint density at radius 1 is 1.32 bits per heavy atom. The number of thiazole rings is 1. The maximum atomic E-state index is 5.99. The average Bonchev–Trinajstić information content (AvgIpc) is 3.01. The highest BCUT2D eigenvalue weighted by molar-refractivity contribution is 7.09. The largest absolute Gasteiger partial charge is 0.398 e. The molecule has 0 atom stereocenters. The van der Waals surface area contributed by atoms with Crippen molar-refractivity contribution in [3.05, 3.63) is 47.1 Å². The normalized spacial score (nSPS) is 10.8. The Balaban J connectivity index is 2.00. The first kappa shape index (κ1) is 11.9. The van der Waals surface area contributed by atoms with E-state index in [1.807, 2.05) is 18.6 Å². The topological polar surface area (TPSA) is 69.6 Å². The summed E-state index contributed by atoms with van der Waals surface area (Å²) in [5, 5.41) is 0. The number of nitrogens with two attached hydrogens (primary N) is 1. The number of aryl methyl sites for hydroxylation is 1. The van der Waals surface area contributed by atoms with E-state index >= 15 is 0 Å². The third-order valence-electron chi connectivity index (χ3n) is 3.00. The molecule has 0 aliphatic heterocycles. The Hall–Kier alpha value is -2.21. The molecule has 0 spiro atoms. The number of rotatable bonds is 3. The summed E-state index contributed by atoms with van der Waals surface area (Å²) in [5.74, 6) is 0. The molecule has 96 valence electrons. The highest BCUT2D eigenvalue weighted by Gasteiger charge is 2.10. The predicted molar refractivity (Wildman–Crippen MR) is 75.8 cm³/mol. The molecule has 6 heteroatoms. The van der Waals surface area contributed by atoms with Gasteiger partial charge >= 0.3 is 0 Å². The number of imidazole rings is 1. The van der Waals surface area contributed by atoms with Crippen LogP contribution in [0.1, 0.15) is 10.6 Å². The fourth-order valence-corrected chi connectivity index (χ4v) is 2.70. The van der Waals surface area contributed by atoms with Crippen LogP contribution in [0.15, 0.2) is 36.5 Å². The Bertz CT molecular complexity index is 700. The second kappa shape index (κ2) is 4.81. The standard InChI is InChI=1S/C13H13N5S/c1-9-13(19-8-17-9)6-18-7-16-5-12(18)10-4-15-3-2-11(10)14/h2-5,7-8H,6H2,1H3,(H2,14,15). The first-order valence-electron chi connectivity index (χ1n) is 5.84. The van der Waals surface area contributed by atoms with Gasteiger partial charge in [0.25, 0.3) is 0 Å². The van der Waals surface area contributed by atoms with Crippen molar-refractivity contribution < 1.29 is 0 Å². The highest BCUT2D eigenvalue weighted by atomic mass is 32.1. The summed E-state index contributed by atoms with van der Waals surface area (Å²) in [6.45, 7) is 2.76. The average molecular weight is 271 g/mol. The lowest BCUT2D eigenvalue weighted by Gasteiger charge is -2.09. The molecule has 0 aliphatic carbocycles. The Morgan fingerprint density at radius 3 is 2.95 bits per heavy atom. The molecule has 5 nitrogen and oxygen atoms in total. The van der Waals surface area contributed by atoms with Gasteiger partial charge < -0.3 is 10.3 Å². The highest BCUT2D eigenvalue weighted by Crippen LogP contribution is 2.25. The van der Waals surface area contributed by atoms with Gasteiger partial charge in [0.2, 0.25) is 0 Å². The van der Waals surface area contributed by atoms with Crippen LogP contribution in [0.4, 0.5) is 5.69 Å². The van der Waals surface area contributed by atoms with E-state index in [0.717, 1.165) is 23.5 Å². The van der Waals surface area contributed by atoms with Gasteiger partial charge in [0.05, 0.1) is 36.0 Å². The molecule has 0 aromatic carbocycles. The molecular formula is C13H13N5S. The minimum Gasteiger partial charge on any atom is -0.398 e. The van der Waals surface area contributed by atoms with Crippen LogP contribution in [0.25, 0.3) is 11.3 Å². The van der Waals surface area contributed by atoms with Crippen molar-refractivity contribution in [2.45, 2.75) is 13.5 Å². The quantitative estimate of drug-likeness (QED) is 0.793. The lowest BCUT2D eigenvalue weighted by atomic mass is 10.2. The number of nitrogen functional groups attached to an aromatic ring is 1.